The van der Waals surface area contributed by atoms with E-state index in [1.807, 2.05) is 48.7 Å². The van der Waals surface area contributed by atoms with Gasteiger partial charge in [-0.3, -0.25) is 0 Å². The summed E-state index contributed by atoms with van der Waals surface area (Å²) in [5, 5.41) is 1.10. The Morgan fingerprint density at radius 2 is 1.80 bits per heavy atom. The van der Waals surface area contributed by atoms with E-state index in [0.717, 1.165) is 33.7 Å². The second kappa shape index (κ2) is 5.17. The summed E-state index contributed by atoms with van der Waals surface area (Å²) in [7, 11) is 1.65. The fourth-order valence-corrected chi connectivity index (χ4v) is 2.15. The summed E-state index contributed by atoms with van der Waals surface area (Å²) in [6.07, 6.45) is 1.95. The average molecular weight is 268 g/mol. The molecule has 1 aromatic heterocycles. The van der Waals surface area contributed by atoms with Crippen molar-refractivity contribution in [3.05, 3.63) is 54.2 Å². The number of hydrogen-bond donors (Lipinski definition) is 2. The predicted octanol–water partition coefficient (Wildman–Crippen LogP) is 3.34. The van der Waals surface area contributed by atoms with E-state index in [1.165, 1.54) is 0 Å². The van der Waals surface area contributed by atoms with Gasteiger partial charge in [0.25, 0.3) is 0 Å². The molecule has 3 rings (SSSR count). The molecular formula is C16H16N2O2. The maximum Gasteiger partial charge on any atom is 0.120 e. The number of hydrogen-bond acceptors (Lipinski definition) is 3. The van der Waals surface area contributed by atoms with E-state index in [0.29, 0.717) is 6.61 Å². The summed E-state index contributed by atoms with van der Waals surface area (Å²) in [6, 6.07) is 13.3. The lowest BCUT2D eigenvalue weighted by atomic mass is 10.1. The van der Waals surface area contributed by atoms with Gasteiger partial charge in [0.15, 0.2) is 0 Å². The Morgan fingerprint density at radius 3 is 2.55 bits per heavy atom. The second-order valence-corrected chi connectivity index (χ2v) is 4.58. The molecule has 3 aromatic rings. The lowest BCUT2D eigenvalue weighted by Crippen LogP contribution is -1.94. The summed E-state index contributed by atoms with van der Waals surface area (Å²) in [6.45, 7) is 0.496. The van der Waals surface area contributed by atoms with Crippen LogP contribution < -0.4 is 15.2 Å². The Labute approximate surface area is 117 Å². The van der Waals surface area contributed by atoms with Crippen molar-refractivity contribution in [2.75, 3.05) is 12.8 Å². The molecule has 0 fully saturated rings. The van der Waals surface area contributed by atoms with Crippen LogP contribution in [0, 0.1) is 0 Å². The molecule has 0 bridgehead atoms. The number of fused-ring (bicyclic) bond motifs is 1. The maximum absolute atomic E-state index is 5.82. The van der Waals surface area contributed by atoms with Gasteiger partial charge in [-0.15, -0.1) is 0 Å². The molecule has 3 N–H and O–H groups in total. The van der Waals surface area contributed by atoms with Crippen molar-refractivity contribution in [1.29, 1.82) is 0 Å². The van der Waals surface area contributed by atoms with Gasteiger partial charge < -0.3 is 20.2 Å². The molecular weight excluding hydrogens is 252 g/mol. The highest BCUT2D eigenvalue weighted by molar-refractivity contribution is 5.85. The number of aromatic nitrogens is 1. The first kappa shape index (κ1) is 12.4. The number of aromatic amines is 1. The number of rotatable bonds is 4. The Kier molecular flexibility index (Phi) is 3.21. The Morgan fingerprint density at radius 1 is 1.05 bits per heavy atom. The van der Waals surface area contributed by atoms with Crippen LogP contribution in [0.15, 0.2) is 48.7 Å². The Hall–Kier alpha value is -2.62. The van der Waals surface area contributed by atoms with Gasteiger partial charge in [0, 0.05) is 28.4 Å². The zero-order valence-corrected chi connectivity index (χ0v) is 11.2. The van der Waals surface area contributed by atoms with Gasteiger partial charge in [-0.05, 0) is 42.5 Å². The average Bonchev–Trinajstić information content (AvgIpc) is 2.88. The van der Waals surface area contributed by atoms with Gasteiger partial charge >= 0.3 is 0 Å². The number of H-pyrrole nitrogens is 1. The monoisotopic (exact) mass is 268 g/mol. The number of nitrogen functional groups attached to an aromatic ring is 1. The highest BCUT2D eigenvalue weighted by Gasteiger charge is 2.05. The third-order valence-corrected chi connectivity index (χ3v) is 3.25. The van der Waals surface area contributed by atoms with Crippen molar-refractivity contribution >= 4 is 16.6 Å². The van der Waals surface area contributed by atoms with Gasteiger partial charge in [0.2, 0.25) is 0 Å². The van der Waals surface area contributed by atoms with E-state index in [9.17, 15) is 0 Å². The lowest BCUT2D eigenvalue weighted by Gasteiger charge is -2.06. The highest BCUT2D eigenvalue weighted by atomic mass is 16.5. The van der Waals surface area contributed by atoms with Crippen molar-refractivity contribution < 1.29 is 9.47 Å². The number of benzene rings is 2. The van der Waals surface area contributed by atoms with Gasteiger partial charge in [0.1, 0.15) is 18.1 Å². The second-order valence-electron chi connectivity index (χ2n) is 4.58. The van der Waals surface area contributed by atoms with Crippen LogP contribution in [0.25, 0.3) is 10.9 Å². The molecule has 0 amide bonds. The van der Waals surface area contributed by atoms with Crippen LogP contribution in [0.5, 0.6) is 11.5 Å². The standard InChI is InChI=1S/C16H16N2O2/c1-19-13-3-5-14(6-4-13)20-10-11-9-18-16-7-2-12(17)8-15(11)16/h2-9,18H,10,17H2,1H3. The van der Waals surface area contributed by atoms with Gasteiger partial charge in [-0.2, -0.15) is 0 Å². The summed E-state index contributed by atoms with van der Waals surface area (Å²) >= 11 is 0. The Bertz CT molecular complexity index is 717. The van der Waals surface area contributed by atoms with Gasteiger partial charge in [-0.25, -0.2) is 0 Å². The smallest absolute Gasteiger partial charge is 0.120 e. The SMILES string of the molecule is COc1ccc(OCc2c[nH]c3ccc(N)cc23)cc1. The largest absolute Gasteiger partial charge is 0.497 e. The molecule has 20 heavy (non-hydrogen) atoms. The normalized spacial score (nSPS) is 10.7. The summed E-state index contributed by atoms with van der Waals surface area (Å²) in [5.41, 5.74) is 8.72. The van der Waals surface area contributed by atoms with Crippen molar-refractivity contribution in [3.63, 3.8) is 0 Å². The van der Waals surface area contributed by atoms with Crippen molar-refractivity contribution in [1.82, 2.24) is 4.98 Å². The molecule has 1 heterocycles. The molecule has 4 nitrogen and oxygen atoms in total. The molecule has 4 heteroatoms. The highest BCUT2D eigenvalue weighted by Crippen LogP contribution is 2.23. The molecule has 0 spiro atoms. The van der Waals surface area contributed by atoms with E-state index in [-0.39, 0.29) is 0 Å². The minimum Gasteiger partial charge on any atom is -0.497 e. The lowest BCUT2D eigenvalue weighted by molar-refractivity contribution is 0.307. The van der Waals surface area contributed by atoms with Crippen LogP contribution in [0.4, 0.5) is 5.69 Å². The fraction of sp³-hybridized carbons (Fsp3) is 0.125. The van der Waals surface area contributed by atoms with E-state index in [2.05, 4.69) is 4.98 Å². The minimum atomic E-state index is 0.496. The van der Waals surface area contributed by atoms with E-state index >= 15 is 0 Å². The number of nitrogens with one attached hydrogen (secondary N) is 1. The number of methoxy groups -OCH3 is 1. The quantitative estimate of drug-likeness (QED) is 0.713. The molecule has 0 unspecified atom stereocenters. The third kappa shape index (κ3) is 2.40. The first-order valence-corrected chi connectivity index (χ1v) is 6.38. The van der Waals surface area contributed by atoms with Crippen molar-refractivity contribution in [3.8, 4) is 11.5 Å². The molecule has 0 radical (unpaired) electrons. The molecule has 0 atom stereocenters. The van der Waals surface area contributed by atoms with Crippen molar-refractivity contribution in [2.24, 2.45) is 0 Å². The van der Waals surface area contributed by atoms with E-state index in [4.69, 9.17) is 15.2 Å². The molecule has 2 aromatic carbocycles. The third-order valence-electron chi connectivity index (χ3n) is 3.25. The van der Waals surface area contributed by atoms with Crippen LogP contribution in [-0.4, -0.2) is 12.1 Å². The van der Waals surface area contributed by atoms with Crippen LogP contribution in [0.2, 0.25) is 0 Å². The predicted molar refractivity (Wildman–Crippen MR) is 80.0 cm³/mol. The number of ether oxygens (including phenoxy) is 2. The van der Waals surface area contributed by atoms with Gasteiger partial charge in [-0.1, -0.05) is 0 Å². The zero-order chi connectivity index (χ0) is 13.9. The topological polar surface area (TPSA) is 60.3 Å². The molecule has 0 aliphatic rings. The summed E-state index contributed by atoms with van der Waals surface area (Å²) in [5.74, 6) is 1.63. The van der Waals surface area contributed by atoms with Crippen LogP contribution in [-0.2, 0) is 6.61 Å². The van der Waals surface area contributed by atoms with Crippen molar-refractivity contribution in [2.45, 2.75) is 6.61 Å². The first-order valence-electron chi connectivity index (χ1n) is 6.38. The number of anilines is 1. The summed E-state index contributed by atoms with van der Waals surface area (Å²) in [4.78, 5) is 3.21. The van der Waals surface area contributed by atoms with Crippen LogP contribution in [0.3, 0.4) is 0 Å². The molecule has 0 aliphatic carbocycles. The van der Waals surface area contributed by atoms with E-state index < -0.39 is 0 Å². The Balaban J connectivity index is 1.77. The zero-order valence-electron chi connectivity index (χ0n) is 11.2. The molecule has 102 valence electrons. The number of nitrogens with two attached hydrogens (primary N) is 1. The molecule has 0 aliphatic heterocycles. The molecule has 0 saturated carbocycles. The summed E-state index contributed by atoms with van der Waals surface area (Å²) < 4.78 is 10.9. The van der Waals surface area contributed by atoms with Gasteiger partial charge in [0.05, 0.1) is 7.11 Å². The fourth-order valence-electron chi connectivity index (χ4n) is 2.15. The minimum absolute atomic E-state index is 0.496. The van der Waals surface area contributed by atoms with E-state index in [1.54, 1.807) is 7.11 Å². The van der Waals surface area contributed by atoms with Crippen LogP contribution in [0.1, 0.15) is 5.56 Å². The first-order chi connectivity index (χ1) is 9.76. The van der Waals surface area contributed by atoms with Crippen LogP contribution >= 0.6 is 0 Å². The maximum atomic E-state index is 5.82. The molecule has 0 saturated heterocycles.